The Morgan fingerprint density at radius 2 is 1.88 bits per heavy atom. The zero-order valence-electron chi connectivity index (χ0n) is 13.7. The lowest BCUT2D eigenvalue weighted by molar-refractivity contribution is 0.0966. The van der Waals surface area contributed by atoms with Gasteiger partial charge in [0.25, 0.3) is 5.91 Å². The molecule has 1 amide bonds. The van der Waals surface area contributed by atoms with E-state index in [4.69, 9.17) is 0 Å². The normalized spacial score (nSPS) is 20.0. The third-order valence-corrected chi connectivity index (χ3v) is 4.51. The van der Waals surface area contributed by atoms with E-state index in [2.05, 4.69) is 24.0 Å². The highest BCUT2D eigenvalue weighted by Crippen LogP contribution is 2.32. The van der Waals surface area contributed by atoms with E-state index in [1.807, 2.05) is 46.0 Å². The molecule has 0 radical (unpaired) electrons. The first-order chi connectivity index (χ1) is 11.6. The summed E-state index contributed by atoms with van der Waals surface area (Å²) in [5.74, 6) is 0.803. The van der Waals surface area contributed by atoms with Gasteiger partial charge in [-0.3, -0.25) is 9.69 Å². The molecule has 24 heavy (non-hydrogen) atoms. The minimum Gasteiger partial charge on any atom is -0.290 e. The monoisotopic (exact) mass is 321 g/mol. The molecule has 6 heteroatoms. The number of nitrogens with zero attached hydrogens (tertiary/aromatic N) is 5. The van der Waals surface area contributed by atoms with E-state index in [0.29, 0.717) is 11.6 Å². The first kappa shape index (κ1) is 14.7. The molecule has 0 bridgehead atoms. The number of benzene rings is 1. The van der Waals surface area contributed by atoms with Crippen molar-refractivity contribution in [3.63, 3.8) is 0 Å². The Balaban J connectivity index is 1.68. The number of rotatable bonds is 2. The molecule has 1 aromatic carbocycles. The number of anilines is 1. The number of hydrogen-bond donors (Lipinski definition) is 0. The fourth-order valence-corrected chi connectivity index (χ4v) is 3.36. The van der Waals surface area contributed by atoms with Crippen LogP contribution in [-0.2, 0) is 0 Å². The molecule has 3 aromatic rings. The van der Waals surface area contributed by atoms with Gasteiger partial charge in [0.15, 0.2) is 0 Å². The molecule has 0 saturated carbocycles. The highest BCUT2D eigenvalue weighted by molar-refractivity contribution is 6.06. The van der Waals surface area contributed by atoms with Gasteiger partial charge in [0.1, 0.15) is 5.82 Å². The summed E-state index contributed by atoms with van der Waals surface area (Å²) in [6, 6.07) is 12.1. The molecule has 3 heterocycles. The summed E-state index contributed by atoms with van der Waals surface area (Å²) in [5.41, 5.74) is 1.51. The molecule has 4 rings (SSSR count). The fourth-order valence-electron chi connectivity index (χ4n) is 3.36. The van der Waals surface area contributed by atoms with Gasteiger partial charge in [-0.1, -0.05) is 18.2 Å². The predicted octanol–water partition coefficient (Wildman–Crippen LogP) is 3.07. The Morgan fingerprint density at radius 1 is 1.08 bits per heavy atom. The average molecular weight is 321 g/mol. The molecule has 6 nitrogen and oxygen atoms in total. The first-order valence-electron chi connectivity index (χ1n) is 8.12. The highest BCUT2D eigenvalue weighted by atomic mass is 16.2. The second kappa shape index (κ2) is 5.63. The summed E-state index contributed by atoms with van der Waals surface area (Å²) in [6.07, 6.45) is 6.04. The number of carbonyl (C=O) groups is 1. The molecule has 0 fully saturated rings. The minimum atomic E-state index is -0.0432. The Hall–Kier alpha value is -2.89. The molecule has 0 aliphatic carbocycles. The summed E-state index contributed by atoms with van der Waals surface area (Å²) in [4.78, 5) is 14.9. The van der Waals surface area contributed by atoms with Gasteiger partial charge in [-0.15, -0.1) is 0 Å². The van der Waals surface area contributed by atoms with Crippen LogP contribution in [0.25, 0.3) is 5.69 Å². The number of hydrogen-bond acceptors (Lipinski definition) is 3. The topological polar surface area (TPSA) is 56.0 Å². The van der Waals surface area contributed by atoms with Gasteiger partial charge in [-0.25, -0.2) is 9.36 Å². The molecule has 2 aromatic heterocycles. The van der Waals surface area contributed by atoms with Gasteiger partial charge < -0.3 is 0 Å². The zero-order chi connectivity index (χ0) is 16.7. The third kappa shape index (κ3) is 2.31. The van der Waals surface area contributed by atoms with E-state index in [0.717, 1.165) is 17.9 Å². The van der Waals surface area contributed by atoms with Crippen molar-refractivity contribution in [1.82, 2.24) is 19.6 Å². The van der Waals surface area contributed by atoms with Gasteiger partial charge in [0, 0.05) is 18.3 Å². The molecule has 0 saturated heterocycles. The van der Waals surface area contributed by atoms with Crippen molar-refractivity contribution in [2.45, 2.75) is 32.4 Å². The van der Waals surface area contributed by atoms with Crippen LogP contribution < -0.4 is 4.90 Å². The van der Waals surface area contributed by atoms with Crippen molar-refractivity contribution < 1.29 is 4.79 Å². The van der Waals surface area contributed by atoms with Crippen LogP contribution in [0.5, 0.6) is 0 Å². The molecule has 1 aliphatic heterocycles. The van der Waals surface area contributed by atoms with Crippen molar-refractivity contribution in [2.24, 2.45) is 0 Å². The number of amides is 1. The van der Waals surface area contributed by atoms with E-state index in [1.165, 1.54) is 0 Å². The van der Waals surface area contributed by atoms with Gasteiger partial charge in [-0.05, 0) is 32.4 Å². The molecule has 2 atom stereocenters. The third-order valence-electron chi connectivity index (χ3n) is 4.51. The average Bonchev–Trinajstić information content (AvgIpc) is 3.25. The standard InChI is InChI=1S/C18H19N5O/c1-13-10-14(2)23-17(8-9-19-23)22(13)18(24)15-11-20-21(12-15)16-6-4-3-5-7-16/h3-9,11-14H,10H2,1-2H3/t13-,14-/m1/s1. The van der Waals surface area contributed by atoms with Gasteiger partial charge in [0.2, 0.25) is 0 Å². The lowest BCUT2D eigenvalue weighted by atomic mass is 10.0. The van der Waals surface area contributed by atoms with Crippen LogP contribution >= 0.6 is 0 Å². The Kier molecular flexibility index (Phi) is 3.45. The Bertz CT molecular complexity index is 866. The molecule has 0 spiro atoms. The van der Waals surface area contributed by atoms with Crippen molar-refractivity contribution >= 4 is 11.7 Å². The summed E-state index contributed by atoms with van der Waals surface area (Å²) in [5, 5.41) is 8.69. The summed E-state index contributed by atoms with van der Waals surface area (Å²) < 4.78 is 3.64. The quantitative estimate of drug-likeness (QED) is 0.729. The maximum absolute atomic E-state index is 13.1. The predicted molar refractivity (Wildman–Crippen MR) is 91.4 cm³/mol. The van der Waals surface area contributed by atoms with Crippen molar-refractivity contribution in [3.05, 3.63) is 60.6 Å². The van der Waals surface area contributed by atoms with Crippen molar-refractivity contribution in [2.75, 3.05) is 4.90 Å². The largest absolute Gasteiger partial charge is 0.290 e. The second-order valence-corrected chi connectivity index (χ2v) is 6.25. The number of carbonyl (C=O) groups excluding carboxylic acids is 1. The number of aromatic nitrogens is 4. The summed E-state index contributed by atoms with van der Waals surface area (Å²) in [6.45, 7) is 4.20. The van der Waals surface area contributed by atoms with E-state index in [9.17, 15) is 4.79 Å². The van der Waals surface area contributed by atoms with Crippen LogP contribution in [0.4, 0.5) is 5.82 Å². The molecule has 0 unspecified atom stereocenters. The maximum atomic E-state index is 13.1. The fraction of sp³-hybridized carbons (Fsp3) is 0.278. The van der Waals surface area contributed by atoms with Gasteiger partial charge in [0.05, 0.1) is 29.7 Å². The summed E-state index contributed by atoms with van der Waals surface area (Å²) >= 11 is 0. The molecule has 0 N–H and O–H groups in total. The molecular formula is C18H19N5O. The lowest BCUT2D eigenvalue weighted by Gasteiger charge is -2.36. The van der Waals surface area contributed by atoms with Crippen LogP contribution in [0, 0.1) is 0 Å². The van der Waals surface area contributed by atoms with Crippen LogP contribution in [0.1, 0.15) is 36.7 Å². The van der Waals surface area contributed by atoms with E-state index < -0.39 is 0 Å². The van der Waals surface area contributed by atoms with E-state index in [1.54, 1.807) is 23.3 Å². The van der Waals surface area contributed by atoms with Crippen LogP contribution in [0.15, 0.2) is 55.0 Å². The van der Waals surface area contributed by atoms with Crippen molar-refractivity contribution in [3.8, 4) is 5.69 Å². The van der Waals surface area contributed by atoms with E-state index in [-0.39, 0.29) is 11.9 Å². The van der Waals surface area contributed by atoms with Crippen LogP contribution in [0.3, 0.4) is 0 Å². The molecule has 122 valence electrons. The van der Waals surface area contributed by atoms with Gasteiger partial charge in [-0.2, -0.15) is 10.2 Å². The molecule has 1 aliphatic rings. The smallest absolute Gasteiger partial charge is 0.262 e. The minimum absolute atomic E-state index is 0.0432. The lowest BCUT2D eigenvalue weighted by Crippen LogP contribution is -2.44. The van der Waals surface area contributed by atoms with Crippen LogP contribution in [0.2, 0.25) is 0 Å². The second-order valence-electron chi connectivity index (χ2n) is 6.25. The maximum Gasteiger partial charge on any atom is 0.262 e. The highest BCUT2D eigenvalue weighted by Gasteiger charge is 2.33. The van der Waals surface area contributed by atoms with E-state index >= 15 is 0 Å². The zero-order valence-corrected chi connectivity index (χ0v) is 13.7. The first-order valence-corrected chi connectivity index (χ1v) is 8.12. The van der Waals surface area contributed by atoms with Gasteiger partial charge >= 0.3 is 0 Å². The number of para-hydroxylation sites is 1. The molecular weight excluding hydrogens is 302 g/mol. The van der Waals surface area contributed by atoms with Crippen molar-refractivity contribution in [1.29, 1.82) is 0 Å². The Morgan fingerprint density at radius 3 is 2.67 bits per heavy atom. The summed E-state index contributed by atoms with van der Waals surface area (Å²) in [7, 11) is 0. The Labute approximate surface area is 140 Å². The number of fused-ring (bicyclic) bond motifs is 1. The SMILES string of the molecule is C[C@@H]1C[C@@H](C)n2nccc2N1C(=O)c1cnn(-c2ccccc2)c1. The van der Waals surface area contributed by atoms with Crippen LogP contribution in [-0.4, -0.2) is 31.5 Å².